The first kappa shape index (κ1) is 25.4. The van der Waals surface area contributed by atoms with Gasteiger partial charge >= 0.3 is 0 Å². The van der Waals surface area contributed by atoms with Crippen LogP contribution in [0, 0.1) is 5.41 Å². The van der Waals surface area contributed by atoms with Crippen LogP contribution in [0.4, 0.5) is 0 Å². The molecule has 1 aromatic carbocycles. The first-order valence-electron chi connectivity index (χ1n) is 13.5. The number of aliphatic hydroxyl groups is 1. The number of aliphatic hydroxyl groups excluding tert-OH is 1. The number of ether oxygens (including phenoxy) is 2. The second-order valence-electron chi connectivity index (χ2n) is 10.8. The fourth-order valence-electron chi connectivity index (χ4n) is 6.12. The molecule has 0 radical (unpaired) electrons. The van der Waals surface area contributed by atoms with Gasteiger partial charge in [0.2, 0.25) is 0 Å². The van der Waals surface area contributed by atoms with Crippen LogP contribution in [0.25, 0.3) is 0 Å². The molecule has 4 fully saturated rings. The summed E-state index contributed by atoms with van der Waals surface area (Å²) in [5, 5.41) is 24.8. The van der Waals surface area contributed by atoms with E-state index in [1.807, 2.05) is 19.2 Å². The van der Waals surface area contributed by atoms with E-state index in [4.69, 9.17) is 15.2 Å². The normalized spacial score (nSPS) is 36.3. The highest BCUT2D eigenvalue weighted by molar-refractivity contribution is 5.31. The van der Waals surface area contributed by atoms with Crippen molar-refractivity contribution in [2.75, 3.05) is 39.8 Å². The zero-order chi connectivity index (χ0) is 24.4. The first-order chi connectivity index (χ1) is 17.0. The van der Waals surface area contributed by atoms with Crippen LogP contribution in [0.2, 0.25) is 0 Å². The summed E-state index contributed by atoms with van der Waals surface area (Å²) in [7, 11) is 1.82. The minimum Gasteiger partial charge on any atom is -0.491 e. The standard InChI is InChI=1S/C26H44N6O3/c1-3-26(16-27)24(29-18-7-8-18)30-23(31-25(26)32-13-21-9-10-22(14-32)35-21)17-5-4-6-20(11-17)34-15-19(33)12-28-2/h4-6,11,18-19,21-25,28-31,33H,3,7-10,12-16,27H2,1-2H3. The molecule has 1 aliphatic carbocycles. The number of nitrogens with one attached hydrogen (secondary N) is 4. The van der Waals surface area contributed by atoms with Crippen LogP contribution in [0.5, 0.6) is 5.75 Å². The predicted molar refractivity (Wildman–Crippen MR) is 136 cm³/mol. The summed E-state index contributed by atoms with van der Waals surface area (Å²) >= 11 is 0. The molecule has 9 nitrogen and oxygen atoms in total. The lowest BCUT2D eigenvalue weighted by Crippen LogP contribution is -2.76. The van der Waals surface area contributed by atoms with Crippen molar-refractivity contribution in [3.8, 4) is 5.75 Å². The number of hydrogen-bond acceptors (Lipinski definition) is 9. The zero-order valence-electron chi connectivity index (χ0n) is 21.2. The van der Waals surface area contributed by atoms with Crippen molar-refractivity contribution >= 4 is 0 Å². The van der Waals surface area contributed by atoms with E-state index >= 15 is 0 Å². The third-order valence-electron chi connectivity index (χ3n) is 8.31. The van der Waals surface area contributed by atoms with E-state index < -0.39 is 6.10 Å². The van der Waals surface area contributed by atoms with E-state index in [0.717, 1.165) is 43.7 Å². The summed E-state index contributed by atoms with van der Waals surface area (Å²) in [5.41, 5.74) is 7.58. The molecule has 0 spiro atoms. The van der Waals surface area contributed by atoms with Crippen molar-refractivity contribution in [3.05, 3.63) is 29.8 Å². The number of hydrogen-bond donors (Lipinski definition) is 6. The van der Waals surface area contributed by atoms with Crippen molar-refractivity contribution in [3.63, 3.8) is 0 Å². The molecule has 3 aliphatic heterocycles. The van der Waals surface area contributed by atoms with Gasteiger partial charge in [-0.1, -0.05) is 19.1 Å². The maximum Gasteiger partial charge on any atom is 0.119 e. The Labute approximate surface area is 209 Å². The molecule has 0 amide bonds. The Morgan fingerprint density at radius 2 is 2.00 bits per heavy atom. The molecule has 9 heteroatoms. The van der Waals surface area contributed by atoms with Gasteiger partial charge in [0.05, 0.1) is 30.7 Å². The van der Waals surface area contributed by atoms with Gasteiger partial charge in [-0.3, -0.25) is 20.9 Å². The fourth-order valence-corrected chi connectivity index (χ4v) is 6.12. The highest BCUT2D eigenvalue weighted by Gasteiger charge is 2.53. The largest absolute Gasteiger partial charge is 0.491 e. The Balaban J connectivity index is 1.39. The van der Waals surface area contributed by atoms with Gasteiger partial charge in [-0.15, -0.1) is 0 Å². The Kier molecular flexibility index (Phi) is 7.96. The van der Waals surface area contributed by atoms with Gasteiger partial charge in [0, 0.05) is 37.6 Å². The fraction of sp³-hybridized carbons (Fsp3) is 0.769. The Bertz CT molecular complexity index is 823. The number of likely N-dealkylation sites (N-methyl/N-ethyl adjacent to an activating group) is 1. The second kappa shape index (κ2) is 11.0. The van der Waals surface area contributed by atoms with Crippen molar-refractivity contribution in [1.29, 1.82) is 0 Å². The number of fused-ring (bicyclic) bond motifs is 2. The average molecular weight is 489 g/mol. The number of likely N-dealkylation sites (tertiary alicyclic amines) is 1. The van der Waals surface area contributed by atoms with Gasteiger partial charge < -0.3 is 25.6 Å². The van der Waals surface area contributed by atoms with Gasteiger partial charge in [-0.2, -0.15) is 0 Å². The molecule has 3 saturated heterocycles. The molecule has 3 heterocycles. The molecular weight excluding hydrogens is 444 g/mol. The third-order valence-corrected chi connectivity index (χ3v) is 8.31. The summed E-state index contributed by atoms with van der Waals surface area (Å²) in [6.45, 7) is 5.53. The summed E-state index contributed by atoms with van der Waals surface area (Å²) in [4.78, 5) is 2.60. The molecule has 1 aromatic rings. The highest BCUT2D eigenvalue weighted by Crippen LogP contribution is 2.40. The van der Waals surface area contributed by atoms with Crippen molar-refractivity contribution in [2.24, 2.45) is 11.1 Å². The van der Waals surface area contributed by atoms with E-state index in [-0.39, 0.29) is 30.5 Å². The minimum atomic E-state index is -0.544. The molecule has 7 atom stereocenters. The van der Waals surface area contributed by atoms with Crippen LogP contribution in [-0.2, 0) is 4.74 Å². The van der Waals surface area contributed by atoms with Crippen LogP contribution in [0.15, 0.2) is 24.3 Å². The average Bonchev–Trinajstić information content (AvgIpc) is 3.64. The maximum atomic E-state index is 10.0. The van der Waals surface area contributed by atoms with Crippen molar-refractivity contribution in [2.45, 2.75) is 81.9 Å². The molecule has 4 aliphatic rings. The number of morpholine rings is 1. The minimum absolute atomic E-state index is 0.0474. The van der Waals surface area contributed by atoms with Crippen LogP contribution in [0.1, 0.15) is 50.8 Å². The predicted octanol–water partition coefficient (Wildman–Crippen LogP) is 0.460. The molecule has 35 heavy (non-hydrogen) atoms. The third kappa shape index (κ3) is 5.52. The summed E-state index contributed by atoms with van der Waals surface area (Å²) in [5.74, 6) is 0.764. The monoisotopic (exact) mass is 488 g/mol. The van der Waals surface area contributed by atoms with Crippen LogP contribution >= 0.6 is 0 Å². The van der Waals surface area contributed by atoms with Crippen LogP contribution < -0.4 is 31.7 Å². The molecule has 196 valence electrons. The Morgan fingerprint density at radius 3 is 2.66 bits per heavy atom. The quantitative estimate of drug-likeness (QED) is 0.264. The van der Waals surface area contributed by atoms with E-state index in [1.165, 1.54) is 12.8 Å². The molecule has 5 rings (SSSR count). The molecule has 7 unspecified atom stereocenters. The van der Waals surface area contributed by atoms with E-state index in [2.05, 4.69) is 45.2 Å². The van der Waals surface area contributed by atoms with E-state index in [0.29, 0.717) is 31.3 Å². The van der Waals surface area contributed by atoms with E-state index in [9.17, 15) is 5.11 Å². The smallest absolute Gasteiger partial charge is 0.119 e. The Morgan fingerprint density at radius 1 is 1.23 bits per heavy atom. The van der Waals surface area contributed by atoms with Gasteiger partial charge in [0.1, 0.15) is 18.5 Å². The van der Waals surface area contributed by atoms with Crippen LogP contribution in [0.3, 0.4) is 0 Å². The van der Waals surface area contributed by atoms with Gasteiger partial charge in [-0.25, -0.2) is 0 Å². The number of benzene rings is 1. The topological polar surface area (TPSA) is 116 Å². The SMILES string of the molecule is CCC1(CN)C(NC2CC2)NC(c2cccc(OCC(O)CNC)c2)NC1N1CC2CCC(C1)O2. The number of rotatable bonds is 11. The molecule has 0 aromatic heterocycles. The lowest BCUT2D eigenvalue weighted by molar-refractivity contribution is -0.111. The van der Waals surface area contributed by atoms with Gasteiger partial charge in [0.25, 0.3) is 0 Å². The molecular formula is C26H44N6O3. The first-order valence-corrected chi connectivity index (χ1v) is 13.5. The molecule has 1 saturated carbocycles. The highest BCUT2D eigenvalue weighted by atomic mass is 16.5. The van der Waals surface area contributed by atoms with Crippen LogP contribution in [-0.4, -0.2) is 86.5 Å². The summed E-state index contributed by atoms with van der Waals surface area (Å²) in [6, 6.07) is 8.75. The lowest BCUT2D eigenvalue weighted by Gasteiger charge is -2.57. The maximum absolute atomic E-state index is 10.0. The van der Waals surface area contributed by atoms with Crippen molar-refractivity contribution in [1.82, 2.24) is 26.2 Å². The van der Waals surface area contributed by atoms with Gasteiger partial charge in [-0.05, 0) is 56.8 Å². The molecule has 2 bridgehead atoms. The lowest BCUT2D eigenvalue weighted by atomic mass is 9.75. The van der Waals surface area contributed by atoms with E-state index in [1.54, 1.807) is 0 Å². The summed E-state index contributed by atoms with van der Waals surface area (Å²) in [6.07, 6.45) is 6.03. The van der Waals surface area contributed by atoms with Gasteiger partial charge in [0.15, 0.2) is 0 Å². The zero-order valence-corrected chi connectivity index (χ0v) is 21.2. The van der Waals surface area contributed by atoms with Crippen molar-refractivity contribution < 1.29 is 14.6 Å². The number of nitrogens with two attached hydrogens (primary N) is 1. The molecule has 7 N–H and O–H groups in total. The second-order valence-corrected chi connectivity index (χ2v) is 10.8. The Hall–Kier alpha value is -1.30. The summed E-state index contributed by atoms with van der Waals surface area (Å²) < 4.78 is 12.1. The number of nitrogens with zero attached hydrogens (tertiary/aromatic N) is 1.